The van der Waals surface area contributed by atoms with Gasteiger partial charge in [-0.2, -0.15) is 5.10 Å². The third kappa shape index (κ3) is 3.07. The fraction of sp³-hybridized carbons (Fsp3) is 0.692. The van der Waals surface area contributed by atoms with Crippen LogP contribution in [0.25, 0.3) is 0 Å². The number of anilines is 1. The molecule has 0 bridgehead atoms. The maximum atomic E-state index is 12.3. The number of urea groups is 1. The van der Waals surface area contributed by atoms with E-state index in [4.69, 9.17) is 4.74 Å². The highest BCUT2D eigenvalue weighted by Gasteiger charge is 2.21. The summed E-state index contributed by atoms with van der Waals surface area (Å²) < 4.78 is 7.32. The molecule has 6 heteroatoms. The molecule has 6 nitrogen and oxygen atoms in total. The number of aryl methyl sites for hydroxylation is 2. The molecule has 1 aliphatic rings. The van der Waals surface area contributed by atoms with Gasteiger partial charge < -0.3 is 15.0 Å². The lowest BCUT2D eigenvalue weighted by molar-refractivity contribution is 0.0718. The average molecular weight is 266 g/mol. The number of carbonyl (C=O) groups is 1. The lowest BCUT2D eigenvalue weighted by Crippen LogP contribution is -2.39. The van der Waals surface area contributed by atoms with Crippen molar-refractivity contribution in [2.75, 3.05) is 25.0 Å². The molecule has 0 aliphatic carbocycles. The third-order valence-corrected chi connectivity index (χ3v) is 3.48. The van der Waals surface area contributed by atoms with E-state index >= 15 is 0 Å². The molecule has 1 fully saturated rings. The van der Waals surface area contributed by atoms with E-state index in [1.54, 1.807) is 4.68 Å². The van der Waals surface area contributed by atoms with Crippen molar-refractivity contribution in [1.29, 1.82) is 0 Å². The Kier molecular flexibility index (Phi) is 4.09. The number of hydrogen-bond acceptors (Lipinski definition) is 3. The smallest absolute Gasteiger partial charge is 0.322 e. The van der Waals surface area contributed by atoms with Gasteiger partial charge in [0.15, 0.2) is 0 Å². The summed E-state index contributed by atoms with van der Waals surface area (Å²) in [5.41, 5.74) is 2.61. The molecule has 2 rings (SSSR count). The zero-order chi connectivity index (χ0) is 14.0. The van der Waals surface area contributed by atoms with E-state index < -0.39 is 0 Å². The van der Waals surface area contributed by atoms with E-state index in [1.165, 1.54) is 0 Å². The fourth-order valence-electron chi connectivity index (χ4n) is 2.32. The normalized spacial score (nSPS) is 20.2. The molecule has 0 spiro atoms. The molecular weight excluding hydrogens is 244 g/mol. The maximum Gasteiger partial charge on any atom is 0.322 e. The van der Waals surface area contributed by atoms with Gasteiger partial charge in [0, 0.05) is 26.7 Å². The Morgan fingerprint density at radius 1 is 1.47 bits per heavy atom. The number of nitrogens with zero attached hydrogens (tertiary/aromatic N) is 3. The van der Waals surface area contributed by atoms with Crippen LogP contribution in [0.15, 0.2) is 0 Å². The quantitative estimate of drug-likeness (QED) is 0.841. The van der Waals surface area contributed by atoms with E-state index in [-0.39, 0.29) is 12.1 Å². The van der Waals surface area contributed by atoms with Gasteiger partial charge in [-0.15, -0.1) is 0 Å². The minimum absolute atomic E-state index is 0.0726. The monoisotopic (exact) mass is 266 g/mol. The zero-order valence-corrected chi connectivity index (χ0v) is 12.1. The molecule has 1 aromatic heterocycles. The Hall–Kier alpha value is -1.56. The van der Waals surface area contributed by atoms with Crippen molar-refractivity contribution in [3.8, 4) is 0 Å². The number of aromatic nitrogens is 2. The Morgan fingerprint density at radius 3 is 2.84 bits per heavy atom. The highest BCUT2D eigenvalue weighted by Crippen LogP contribution is 2.19. The predicted octanol–water partition coefficient (Wildman–Crippen LogP) is 1.68. The maximum absolute atomic E-state index is 12.3. The van der Waals surface area contributed by atoms with Gasteiger partial charge in [-0.1, -0.05) is 0 Å². The van der Waals surface area contributed by atoms with Crippen LogP contribution in [0.2, 0.25) is 0 Å². The first-order valence-electron chi connectivity index (χ1n) is 6.66. The van der Waals surface area contributed by atoms with Gasteiger partial charge in [0.25, 0.3) is 0 Å². The van der Waals surface area contributed by atoms with Gasteiger partial charge in [0.1, 0.15) is 0 Å². The second-order valence-electron chi connectivity index (χ2n) is 5.08. The summed E-state index contributed by atoms with van der Waals surface area (Å²) in [5.74, 6) is 0. The molecule has 1 saturated heterocycles. The van der Waals surface area contributed by atoms with Crippen molar-refractivity contribution in [2.24, 2.45) is 7.05 Å². The lowest BCUT2D eigenvalue weighted by Gasteiger charge is -2.22. The van der Waals surface area contributed by atoms with Gasteiger partial charge in [0.2, 0.25) is 0 Å². The summed E-state index contributed by atoms with van der Waals surface area (Å²) in [6.45, 7) is 7.92. The number of nitrogens with one attached hydrogen (secondary N) is 1. The molecular formula is C13H22N4O2. The van der Waals surface area contributed by atoms with Crippen molar-refractivity contribution in [3.05, 3.63) is 11.4 Å². The Balaban J connectivity index is 2.07. The van der Waals surface area contributed by atoms with Crippen LogP contribution in [0.3, 0.4) is 0 Å². The molecule has 0 radical (unpaired) electrons. The SMILES string of the molecule is Cc1nn(C)c(C)c1NC(=O)N1CCCOC(C)C1. The van der Waals surface area contributed by atoms with E-state index in [9.17, 15) is 4.79 Å². The van der Waals surface area contributed by atoms with Crippen LogP contribution in [0.4, 0.5) is 10.5 Å². The van der Waals surface area contributed by atoms with Crippen molar-refractivity contribution in [3.63, 3.8) is 0 Å². The van der Waals surface area contributed by atoms with E-state index in [0.717, 1.165) is 36.6 Å². The van der Waals surface area contributed by atoms with Crippen molar-refractivity contribution in [1.82, 2.24) is 14.7 Å². The molecule has 19 heavy (non-hydrogen) atoms. The second kappa shape index (κ2) is 5.61. The molecule has 2 heterocycles. The zero-order valence-electron chi connectivity index (χ0n) is 12.1. The van der Waals surface area contributed by atoms with E-state index in [2.05, 4.69) is 10.4 Å². The van der Waals surface area contributed by atoms with Crippen LogP contribution in [0, 0.1) is 13.8 Å². The summed E-state index contributed by atoms with van der Waals surface area (Å²) in [6.07, 6.45) is 0.965. The minimum atomic E-state index is -0.0726. The van der Waals surface area contributed by atoms with E-state index in [1.807, 2.05) is 32.7 Å². The Labute approximate surface area is 113 Å². The first kappa shape index (κ1) is 13.9. The number of hydrogen-bond donors (Lipinski definition) is 1. The number of rotatable bonds is 1. The van der Waals surface area contributed by atoms with Crippen molar-refractivity contribution >= 4 is 11.7 Å². The van der Waals surface area contributed by atoms with Crippen LogP contribution in [-0.2, 0) is 11.8 Å². The van der Waals surface area contributed by atoms with Gasteiger partial charge in [-0.3, -0.25) is 4.68 Å². The number of amides is 2. The Morgan fingerprint density at radius 2 is 2.21 bits per heavy atom. The molecule has 1 N–H and O–H groups in total. The third-order valence-electron chi connectivity index (χ3n) is 3.48. The first-order chi connectivity index (χ1) is 8.99. The number of carbonyl (C=O) groups excluding carboxylic acids is 1. The lowest BCUT2D eigenvalue weighted by atomic mass is 10.3. The fourth-order valence-corrected chi connectivity index (χ4v) is 2.32. The molecule has 1 atom stereocenters. The summed E-state index contributed by atoms with van der Waals surface area (Å²) >= 11 is 0. The summed E-state index contributed by atoms with van der Waals surface area (Å²) in [6, 6.07) is -0.0726. The molecule has 106 valence electrons. The van der Waals surface area contributed by atoms with Crippen LogP contribution in [0.1, 0.15) is 24.7 Å². The molecule has 1 unspecified atom stereocenters. The number of ether oxygens (including phenoxy) is 1. The highest BCUT2D eigenvalue weighted by atomic mass is 16.5. The summed E-state index contributed by atoms with van der Waals surface area (Å²) in [7, 11) is 1.87. The largest absolute Gasteiger partial charge is 0.377 e. The second-order valence-corrected chi connectivity index (χ2v) is 5.08. The highest BCUT2D eigenvalue weighted by molar-refractivity contribution is 5.90. The first-order valence-corrected chi connectivity index (χ1v) is 6.66. The molecule has 2 amide bonds. The topological polar surface area (TPSA) is 59.4 Å². The van der Waals surface area contributed by atoms with E-state index in [0.29, 0.717) is 6.54 Å². The molecule has 1 aromatic rings. The van der Waals surface area contributed by atoms with Gasteiger partial charge in [-0.25, -0.2) is 4.79 Å². The van der Waals surface area contributed by atoms with Crippen LogP contribution >= 0.6 is 0 Å². The summed E-state index contributed by atoms with van der Waals surface area (Å²) in [5, 5.41) is 7.27. The van der Waals surface area contributed by atoms with Crippen LogP contribution in [0.5, 0.6) is 0 Å². The summed E-state index contributed by atoms with van der Waals surface area (Å²) in [4.78, 5) is 14.1. The van der Waals surface area contributed by atoms with Gasteiger partial charge >= 0.3 is 6.03 Å². The minimum Gasteiger partial charge on any atom is -0.377 e. The average Bonchev–Trinajstić information content (AvgIpc) is 2.57. The molecule has 0 aromatic carbocycles. The molecule has 0 saturated carbocycles. The van der Waals surface area contributed by atoms with Gasteiger partial charge in [0.05, 0.1) is 23.2 Å². The van der Waals surface area contributed by atoms with Crippen molar-refractivity contribution in [2.45, 2.75) is 33.3 Å². The van der Waals surface area contributed by atoms with Crippen molar-refractivity contribution < 1.29 is 9.53 Å². The van der Waals surface area contributed by atoms with Gasteiger partial charge in [-0.05, 0) is 27.2 Å². The molecule has 1 aliphatic heterocycles. The Bertz CT molecular complexity index is 469. The van der Waals surface area contributed by atoms with Crippen LogP contribution < -0.4 is 5.32 Å². The van der Waals surface area contributed by atoms with Crippen LogP contribution in [-0.4, -0.2) is 46.5 Å². The predicted molar refractivity (Wildman–Crippen MR) is 73.3 cm³/mol. The standard InChI is InChI=1S/C13H22N4O2/c1-9-8-17(6-5-7-19-9)13(18)14-12-10(2)15-16(4)11(12)3/h9H,5-8H2,1-4H3,(H,14,18).